The molecule has 0 spiro atoms. The lowest BCUT2D eigenvalue weighted by Gasteiger charge is -2.31. The number of carbonyl (C=O) groups excluding carboxylic acids is 2. The van der Waals surface area contributed by atoms with Crippen molar-refractivity contribution in [2.24, 2.45) is 0 Å². The second kappa shape index (κ2) is 11.5. The van der Waals surface area contributed by atoms with E-state index in [1.54, 1.807) is 26.0 Å². The van der Waals surface area contributed by atoms with E-state index in [4.69, 9.17) is 11.6 Å². The Morgan fingerprint density at radius 3 is 2.33 bits per heavy atom. The van der Waals surface area contributed by atoms with Gasteiger partial charge < -0.3 is 10.2 Å². The van der Waals surface area contributed by atoms with E-state index in [1.165, 1.54) is 35.2 Å². The number of amides is 2. The van der Waals surface area contributed by atoms with Gasteiger partial charge in [0.15, 0.2) is 0 Å². The summed E-state index contributed by atoms with van der Waals surface area (Å²) in [6.45, 7) is 5.18. The zero-order valence-electron chi connectivity index (χ0n) is 19.1. The number of sulfonamides is 1. The fourth-order valence-corrected chi connectivity index (χ4v) is 4.13. The largest absolute Gasteiger partial charge is 0.354 e. The Labute approximate surface area is 199 Å². The molecule has 1 atom stereocenters. The van der Waals surface area contributed by atoms with Crippen LogP contribution in [0.15, 0.2) is 42.5 Å². The summed E-state index contributed by atoms with van der Waals surface area (Å²) in [7, 11) is -3.84. The lowest BCUT2D eigenvalue weighted by atomic mass is 10.1. The Bertz CT molecular complexity index is 1090. The summed E-state index contributed by atoms with van der Waals surface area (Å²) in [5.41, 5.74) is 1.61. The Morgan fingerprint density at radius 2 is 1.79 bits per heavy atom. The Balaban J connectivity index is 2.38. The van der Waals surface area contributed by atoms with Crippen molar-refractivity contribution in [1.29, 1.82) is 0 Å². The third-order valence-electron chi connectivity index (χ3n) is 5.11. The highest BCUT2D eigenvalue weighted by atomic mass is 35.5. The molecule has 33 heavy (non-hydrogen) atoms. The molecule has 0 aliphatic carbocycles. The molecular weight excluding hydrogens is 469 g/mol. The topological polar surface area (TPSA) is 86.8 Å². The number of rotatable bonds is 10. The fourth-order valence-electron chi connectivity index (χ4n) is 3.12. The van der Waals surface area contributed by atoms with E-state index in [0.717, 1.165) is 22.5 Å². The van der Waals surface area contributed by atoms with Crippen molar-refractivity contribution in [1.82, 2.24) is 10.2 Å². The van der Waals surface area contributed by atoms with E-state index in [9.17, 15) is 22.4 Å². The van der Waals surface area contributed by atoms with Crippen LogP contribution in [0, 0.1) is 12.7 Å². The molecule has 2 aromatic carbocycles. The van der Waals surface area contributed by atoms with Crippen LogP contribution in [0.3, 0.4) is 0 Å². The third kappa shape index (κ3) is 7.43. The number of anilines is 1. The van der Waals surface area contributed by atoms with Crippen molar-refractivity contribution in [2.45, 2.75) is 39.8 Å². The molecule has 0 fully saturated rings. The van der Waals surface area contributed by atoms with Gasteiger partial charge in [-0.15, -0.1) is 0 Å². The van der Waals surface area contributed by atoms with Crippen molar-refractivity contribution >= 4 is 39.1 Å². The molecule has 0 saturated carbocycles. The van der Waals surface area contributed by atoms with Crippen LogP contribution >= 0.6 is 11.6 Å². The number of nitrogens with zero attached hydrogens (tertiary/aromatic N) is 2. The van der Waals surface area contributed by atoms with Gasteiger partial charge in [-0.2, -0.15) is 0 Å². The van der Waals surface area contributed by atoms with Crippen LogP contribution in [0.4, 0.5) is 10.1 Å². The van der Waals surface area contributed by atoms with E-state index < -0.39 is 34.3 Å². The Hall–Kier alpha value is -2.65. The molecule has 0 saturated heterocycles. The van der Waals surface area contributed by atoms with Crippen molar-refractivity contribution in [3.05, 3.63) is 64.4 Å². The predicted octanol–water partition coefficient (Wildman–Crippen LogP) is 3.50. The second-order valence-corrected chi connectivity index (χ2v) is 10.1. The summed E-state index contributed by atoms with van der Waals surface area (Å²) in [6.07, 6.45) is 1.72. The molecule has 0 bridgehead atoms. The predicted molar refractivity (Wildman–Crippen MR) is 128 cm³/mol. The zero-order chi connectivity index (χ0) is 24.8. The zero-order valence-corrected chi connectivity index (χ0v) is 20.7. The molecule has 0 heterocycles. The van der Waals surface area contributed by atoms with E-state index in [2.05, 4.69) is 5.32 Å². The molecule has 10 heteroatoms. The Morgan fingerprint density at radius 1 is 1.15 bits per heavy atom. The van der Waals surface area contributed by atoms with Gasteiger partial charge in [0.05, 0.1) is 11.9 Å². The maximum atomic E-state index is 13.3. The van der Waals surface area contributed by atoms with Crippen LogP contribution in [-0.4, -0.2) is 50.5 Å². The standard InChI is InChI=1S/C23H29ClFN3O4S/c1-5-12-26-23(30)17(3)27(14-18-7-9-19(25)10-8-18)22(29)15-28(33(4,31)32)20-11-6-16(2)21(24)13-20/h6-11,13,17H,5,12,14-15H2,1-4H3,(H,26,30). The first-order chi connectivity index (χ1) is 15.4. The van der Waals surface area contributed by atoms with Crippen LogP contribution < -0.4 is 9.62 Å². The summed E-state index contributed by atoms with van der Waals surface area (Å²) in [6, 6.07) is 9.38. The molecule has 1 unspecified atom stereocenters. The lowest BCUT2D eigenvalue weighted by Crippen LogP contribution is -2.51. The molecule has 0 aromatic heterocycles. The molecule has 2 amide bonds. The molecule has 180 valence electrons. The number of halogens is 2. The quantitative estimate of drug-likeness (QED) is 0.544. The molecule has 0 aliphatic rings. The minimum Gasteiger partial charge on any atom is -0.354 e. The van der Waals surface area contributed by atoms with Crippen LogP contribution in [-0.2, 0) is 26.2 Å². The first kappa shape index (κ1) is 26.6. The van der Waals surface area contributed by atoms with Crippen LogP contribution in [0.1, 0.15) is 31.4 Å². The van der Waals surface area contributed by atoms with E-state index >= 15 is 0 Å². The summed E-state index contributed by atoms with van der Waals surface area (Å²) >= 11 is 6.17. The van der Waals surface area contributed by atoms with Gasteiger partial charge in [-0.1, -0.05) is 36.7 Å². The van der Waals surface area contributed by atoms with Crippen molar-refractivity contribution < 1.29 is 22.4 Å². The first-order valence-electron chi connectivity index (χ1n) is 10.5. The molecule has 0 radical (unpaired) electrons. The summed E-state index contributed by atoms with van der Waals surface area (Å²) in [5.74, 6) is -1.37. The summed E-state index contributed by atoms with van der Waals surface area (Å²) in [5, 5.41) is 3.11. The van der Waals surface area contributed by atoms with Gasteiger partial charge in [0.1, 0.15) is 18.4 Å². The molecule has 1 N–H and O–H groups in total. The highest BCUT2D eigenvalue weighted by Gasteiger charge is 2.30. The second-order valence-electron chi connectivity index (χ2n) is 7.82. The molecule has 2 rings (SSSR count). The number of hydrogen-bond acceptors (Lipinski definition) is 4. The number of carbonyl (C=O) groups is 2. The molecular formula is C23H29ClFN3O4S. The average molecular weight is 498 g/mol. The molecule has 7 nitrogen and oxygen atoms in total. The Kier molecular flexibility index (Phi) is 9.25. The third-order valence-corrected chi connectivity index (χ3v) is 6.65. The summed E-state index contributed by atoms with van der Waals surface area (Å²) in [4.78, 5) is 27.2. The monoisotopic (exact) mass is 497 g/mol. The van der Waals surface area contributed by atoms with E-state index in [1.807, 2.05) is 6.92 Å². The minimum atomic E-state index is -3.84. The molecule has 0 aliphatic heterocycles. The molecule has 2 aromatic rings. The number of nitrogens with one attached hydrogen (secondary N) is 1. The lowest BCUT2D eigenvalue weighted by molar-refractivity contribution is -0.139. The maximum Gasteiger partial charge on any atom is 0.244 e. The highest BCUT2D eigenvalue weighted by molar-refractivity contribution is 7.92. The van der Waals surface area contributed by atoms with Gasteiger partial charge in [0, 0.05) is 18.1 Å². The van der Waals surface area contributed by atoms with Gasteiger partial charge in [0.25, 0.3) is 0 Å². The summed E-state index contributed by atoms with van der Waals surface area (Å²) < 4.78 is 39.3. The number of hydrogen-bond donors (Lipinski definition) is 1. The normalized spacial score (nSPS) is 12.2. The van der Waals surface area contributed by atoms with Crippen molar-refractivity contribution in [3.8, 4) is 0 Å². The fraction of sp³-hybridized carbons (Fsp3) is 0.391. The van der Waals surface area contributed by atoms with Gasteiger partial charge in [-0.25, -0.2) is 12.8 Å². The van der Waals surface area contributed by atoms with E-state index in [0.29, 0.717) is 17.1 Å². The SMILES string of the molecule is CCCNC(=O)C(C)N(Cc1ccc(F)cc1)C(=O)CN(c1ccc(C)c(Cl)c1)S(C)(=O)=O. The van der Waals surface area contributed by atoms with Crippen LogP contribution in [0.5, 0.6) is 0 Å². The van der Waals surface area contributed by atoms with Gasteiger partial charge in [0.2, 0.25) is 21.8 Å². The van der Waals surface area contributed by atoms with E-state index in [-0.39, 0.29) is 18.1 Å². The van der Waals surface area contributed by atoms with Crippen molar-refractivity contribution in [2.75, 3.05) is 23.7 Å². The van der Waals surface area contributed by atoms with Crippen molar-refractivity contribution in [3.63, 3.8) is 0 Å². The van der Waals surface area contributed by atoms with Crippen LogP contribution in [0.25, 0.3) is 0 Å². The minimum absolute atomic E-state index is 0.00603. The van der Waals surface area contributed by atoms with Gasteiger partial charge >= 0.3 is 0 Å². The maximum absolute atomic E-state index is 13.3. The smallest absolute Gasteiger partial charge is 0.244 e. The van der Waals surface area contributed by atoms with Gasteiger partial charge in [-0.05, 0) is 55.7 Å². The number of benzene rings is 2. The average Bonchev–Trinajstić information content (AvgIpc) is 2.76. The number of aryl methyl sites for hydroxylation is 1. The van der Waals surface area contributed by atoms with Crippen LogP contribution in [0.2, 0.25) is 5.02 Å². The first-order valence-corrected chi connectivity index (χ1v) is 12.7. The van der Waals surface area contributed by atoms with Gasteiger partial charge in [-0.3, -0.25) is 13.9 Å². The highest BCUT2D eigenvalue weighted by Crippen LogP contribution is 2.25.